The lowest BCUT2D eigenvalue weighted by molar-refractivity contribution is -0.148. The summed E-state index contributed by atoms with van der Waals surface area (Å²) in [5.41, 5.74) is 3.66. The average Bonchev–Trinajstić information content (AvgIpc) is 3.36. The maximum absolute atomic E-state index is 12.7. The van der Waals surface area contributed by atoms with Crippen LogP contribution in [0.5, 0.6) is 0 Å². The van der Waals surface area contributed by atoms with E-state index >= 15 is 0 Å². The lowest BCUT2D eigenvalue weighted by atomic mass is 9.93. The van der Waals surface area contributed by atoms with Crippen LogP contribution in [-0.4, -0.2) is 41.1 Å². The number of thiazole rings is 1. The predicted octanol–water partition coefficient (Wildman–Crippen LogP) is 4.05. The minimum atomic E-state index is -0.709. The molecule has 36 heavy (non-hydrogen) atoms. The largest absolute Gasteiger partial charge is 0.460 e. The fourth-order valence-corrected chi connectivity index (χ4v) is 4.46. The van der Waals surface area contributed by atoms with Crippen molar-refractivity contribution in [2.75, 3.05) is 0 Å². The van der Waals surface area contributed by atoms with Gasteiger partial charge in [0.05, 0.1) is 16.4 Å². The second-order valence-corrected chi connectivity index (χ2v) is 9.43. The Morgan fingerprint density at radius 2 is 1.56 bits per heavy atom. The van der Waals surface area contributed by atoms with Gasteiger partial charge in [0.2, 0.25) is 5.91 Å². The van der Waals surface area contributed by atoms with Crippen LogP contribution >= 0.6 is 11.3 Å². The predicted molar refractivity (Wildman–Crippen MR) is 137 cm³/mol. The number of alkyl carbamates (subject to hydrolysis) is 1. The number of hydrogen-bond donors (Lipinski definition) is 2. The van der Waals surface area contributed by atoms with E-state index in [1.807, 2.05) is 60.7 Å². The molecule has 0 unspecified atom stereocenters. The van der Waals surface area contributed by atoms with Crippen molar-refractivity contribution < 1.29 is 23.9 Å². The zero-order chi connectivity index (χ0) is 25.8. The van der Waals surface area contributed by atoms with Crippen LogP contribution in [0.2, 0.25) is 0 Å². The van der Waals surface area contributed by atoms with Crippen LogP contribution in [0.4, 0.5) is 4.79 Å². The lowest BCUT2D eigenvalue weighted by Crippen LogP contribution is -2.50. The number of carbonyl (C=O) groups is 3. The first-order valence-electron chi connectivity index (χ1n) is 11.7. The maximum Gasteiger partial charge on any atom is 0.407 e. The average molecular weight is 510 g/mol. The van der Waals surface area contributed by atoms with Gasteiger partial charge in [-0.3, -0.25) is 14.6 Å². The van der Waals surface area contributed by atoms with Gasteiger partial charge >= 0.3 is 12.1 Å². The van der Waals surface area contributed by atoms with Gasteiger partial charge in [-0.25, -0.2) is 4.79 Å². The summed E-state index contributed by atoms with van der Waals surface area (Å²) in [6.45, 7) is 2.88. The molecule has 2 aromatic carbocycles. The van der Waals surface area contributed by atoms with E-state index in [1.54, 1.807) is 11.7 Å². The fourth-order valence-electron chi connectivity index (χ4n) is 3.95. The smallest absolute Gasteiger partial charge is 0.407 e. The Kier molecular flexibility index (Phi) is 10.4. The molecule has 3 rings (SSSR count). The van der Waals surface area contributed by atoms with Crippen molar-refractivity contribution in [1.82, 2.24) is 15.6 Å². The molecule has 0 aliphatic heterocycles. The first-order chi connectivity index (χ1) is 17.4. The normalized spacial score (nSPS) is 13.2. The van der Waals surface area contributed by atoms with Gasteiger partial charge in [0, 0.05) is 32.5 Å². The zero-order valence-electron chi connectivity index (χ0n) is 20.4. The van der Waals surface area contributed by atoms with Crippen molar-refractivity contribution in [1.29, 1.82) is 0 Å². The molecule has 3 atom stereocenters. The van der Waals surface area contributed by atoms with Gasteiger partial charge < -0.3 is 20.1 Å². The molecule has 0 spiro atoms. The van der Waals surface area contributed by atoms with Gasteiger partial charge in [-0.2, -0.15) is 0 Å². The summed E-state index contributed by atoms with van der Waals surface area (Å²) >= 11 is 1.39. The molecule has 2 amide bonds. The van der Waals surface area contributed by atoms with Crippen LogP contribution in [0.25, 0.3) is 0 Å². The molecule has 3 aromatic rings. The van der Waals surface area contributed by atoms with E-state index < -0.39 is 24.2 Å². The lowest BCUT2D eigenvalue weighted by Gasteiger charge is -2.31. The topological polar surface area (TPSA) is 107 Å². The third-order valence-corrected chi connectivity index (χ3v) is 6.20. The number of esters is 1. The van der Waals surface area contributed by atoms with Gasteiger partial charge in [0.15, 0.2) is 0 Å². The van der Waals surface area contributed by atoms with Crippen molar-refractivity contribution in [2.24, 2.45) is 0 Å². The standard InChI is InChI=1S/C27H31N3O5S/c1-19(31)29-23(13-21-9-5-3-6-10-21)15-26(35-20(2)32)25(14-22-11-7-4-8-12-22)30-27(33)34-17-24-16-28-18-36-24/h3-12,16,18,23,25-26H,13-15,17H2,1-2H3,(H,29,31)(H,30,33)/t23-,25-,26-/m0/s1. The summed E-state index contributed by atoms with van der Waals surface area (Å²) in [7, 11) is 0. The van der Waals surface area contributed by atoms with Gasteiger partial charge in [-0.15, -0.1) is 11.3 Å². The monoisotopic (exact) mass is 509 g/mol. The highest BCUT2D eigenvalue weighted by atomic mass is 32.1. The number of aromatic nitrogens is 1. The molecule has 1 aromatic heterocycles. The minimum Gasteiger partial charge on any atom is -0.460 e. The Hall–Kier alpha value is -3.72. The molecule has 0 radical (unpaired) electrons. The minimum absolute atomic E-state index is 0.0926. The maximum atomic E-state index is 12.7. The molecule has 0 saturated heterocycles. The number of ether oxygens (including phenoxy) is 2. The van der Waals surface area contributed by atoms with E-state index in [-0.39, 0.29) is 18.6 Å². The van der Waals surface area contributed by atoms with E-state index in [0.29, 0.717) is 19.3 Å². The molecule has 0 aliphatic carbocycles. The van der Waals surface area contributed by atoms with Crippen molar-refractivity contribution >= 4 is 29.3 Å². The second-order valence-electron chi connectivity index (χ2n) is 8.46. The summed E-state index contributed by atoms with van der Waals surface area (Å²) < 4.78 is 11.1. The van der Waals surface area contributed by atoms with Gasteiger partial charge in [-0.05, 0) is 24.0 Å². The number of rotatable bonds is 12. The van der Waals surface area contributed by atoms with Crippen LogP contribution in [0, 0.1) is 0 Å². The summed E-state index contributed by atoms with van der Waals surface area (Å²) in [4.78, 5) is 41.6. The van der Waals surface area contributed by atoms with E-state index in [9.17, 15) is 14.4 Å². The van der Waals surface area contributed by atoms with Crippen LogP contribution in [0.3, 0.4) is 0 Å². The number of nitrogens with zero attached hydrogens (tertiary/aromatic N) is 1. The van der Waals surface area contributed by atoms with Gasteiger partial charge in [0.25, 0.3) is 0 Å². The number of benzene rings is 2. The van der Waals surface area contributed by atoms with Crippen LogP contribution < -0.4 is 10.6 Å². The fraction of sp³-hybridized carbons (Fsp3) is 0.333. The molecule has 1 heterocycles. The summed E-state index contributed by atoms with van der Waals surface area (Å²) in [5.74, 6) is -0.659. The van der Waals surface area contributed by atoms with Crippen molar-refractivity contribution in [3.05, 3.63) is 88.4 Å². The van der Waals surface area contributed by atoms with Gasteiger partial charge in [0.1, 0.15) is 12.7 Å². The van der Waals surface area contributed by atoms with E-state index in [4.69, 9.17) is 9.47 Å². The molecule has 0 bridgehead atoms. The third kappa shape index (κ3) is 9.50. The first kappa shape index (κ1) is 26.9. The summed E-state index contributed by atoms with van der Waals surface area (Å²) in [6, 6.07) is 18.5. The van der Waals surface area contributed by atoms with Crippen LogP contribution in [0.15, 0.2) is 72.4 Å². The summed E-state index contributed by atoms with van der Waals surface area (Å²) in [6.07, 6.45) is 1.57. The highest BCUT2D eigenvalue weighted by Gasteiger charge is 2.30. The Balaban J connectivity index is 1.80. The number of carbonyl (C=O) groups excluding carboxylic acids is 3. The Morgan fingerprint density at radius 3 is 2.11 bits per heavy atom. The van der Waals surface area contributed by atoms with E-state index in [1.165, 1.54) is 25.2 Å². The quantitative estimate of drug-likeness (QED) is 0.357. The molecule has 9 heteroatoms. The second kappa shape index (κ2) is 14.0. The number of nitrogens with one attached hydrogen (secondary N) is 2. The molecule has 190 valence electrons. The third-order valence-electron chi connectivity index (χ3n) is 5.45. The van der Waals surface area contributed by atoms with Crippen molar-refractivity contribution in [2.45, 2.75) is 57.9 Å². The summed E-state index contributed by atoms with van der Waals surface area (Å²) in [5, 5.41) is 5.86. The zero-order valence-corrected chi connectivity index (χ0v) is 21.2. The van der Waals surface area contributed by atoms with Crippen LogP contribution in [-0.2, 0) is 38.5 Å². The molecule has 0 saturated carbocycles. The van der Waals surface area contributed by atoms with E-state index in [0.717, 1.165) is 16.0 Å². The number of hydrogen-bond acceptors (Lipinski definition) is 7. The Morgan fingerprint density at radius 1 is 0.917 bits per heavy atom. The molecular formula is C27H31N3O5S. The molecule has 0 fully saturated rings. The highest BCUT2D eigenvalue weighted by molar-refractivity contribution is 7.09. The molecule has 0 aliphatic rings. The van der Waals surface area contributed by atoms with Gasteiger partial charge in [-0.1, -0.05) is 60.7 Å². The van der Waals surface area contributed by atoms with E-state index in [2.05, 4.69) is 15.6 Å². The molecule has 8 nitrogen and oxygen atoms in total. The van der Waals surface area contributed by atoms with Crippen molar-refractivity contribution in [3.63, 3.8) is 0 Å². The molecule has 2 N–H and O–H groups in total. The Labute approximate surface area is 215 Å². The highest BCUT2D eigenvalue weighted by Crippen LogP contribution is 2.17. The molecular weight excluding hydrogens is 478 g/mol. The Bertz CT molecular complexity index is 1090. The number of amides is 2. The van der Waals surface area contributed by atoms with Crippen molar-refractivity contribution in [3.8, 4) is 0 Å². The first-order valence-corrected chi connectivity index (χ1v) is 12.6. The SMILES string of the molecule is CC(=O)N[C@@H](Cc1ccccc1)C[C@H](OC(C)=O)[C@H](Cc1ccccc1)NC(=O)OCc1cncs1. The van der Waals surface area contributed by atoms with Crippen LogP contribution in [0.1, 0.15) is 36.3 Å².